The van der Waals surface area contributed by atoms with E-state index in [0.29, 0.717) is 15.5 Å². The second-order valence-corrected chi connectivity index (χ2v) is 8.34. The van der Waals surface area contributed by atoms with E-state index in [1.165, 1.54) is 54.1 Å². The molecular weight excluding hydrogens is 402 g/mol. The molecule has 0 bridgehead atoms. The zero-order valence-corrected chi connectivity index (χ0v) is 18.4. The summed E-state index contributed by atoms with van der Waals surface area (Å²) in [7, 11) is 0. The van der Waals surface area contributed by atoms with Crippen molar-refractivity contribution in [3.8, 4) is 0 Å². The lowest BCUT2D eigenvalue weighted by Crippen LogP contribution is -2.10. The minimum atomic E-state index is -0.113. The predicted octanol–water partition coefficient (Wildman–Crippen LogP) is 5.84. The van der Waals surface area contributed by atoms with E-state index in [9.17, 15) is 0 Å². The van der Waals surface area contributed by atoms with E-state index in [1.807, 2.05) is 20.8 Å². The molecule has 0 saturated carbocycles. The maximum absolute atomic E-state index is 5.49. The largest absolute Gasteiger partial charge is 0.488 e. The summed E-state index contributed by atoms with van der Waals surface area (Å²) in [6.07, 6.45) is 6.68. The molecule has 0 radical (unpaired) electrons. The lowest BCUT2D eigenvalue weighted by Gasteiger charge is -2.17. The average Bonchev–Trinajstić information content (AvgIpc) is 2.66. The minimum Gasteiger partial charge on any atom is -0.488 e. The van der Waals surface area contributed by atoms with Crippen molar-refractivity contribution in [1.82, 2.24) is 15.0 Å². The summed E-state index contributed by atoms with van der Waals surface area (Å²) >= 11 is 4.30. The number of hydrogen-bond donors (Lipinski definition) is 0. The predicted molar refractivity (Wildman–Crippen MR) is 113 cm³/mol. The fourth-order valence-electron chi connectivity index (χ4n) is 1.78. The van der Waals surface area contributed by atoms with Crippen molar-refractivity contribution in [2.24, 2.45) is 0 Å². The molecule has 3 atom stereocenters. The van der Waals surface area contributed by atoms with Crippen LogP contribution in [0.2, 0.25) is 0 Å². The van der Waals surface area contributed by atoms with Crippen molar-refractivity contribution < 1.29 is 14.2 Å². The van der Waals surface area contributed by atoms with E-state index in [2.05, 4.69) is 34.7 Å². The molecule has 0 aliphatic rings. The monoisotopic (exact) mass is 429 g/mol. The van der Waals surface area contributed by atoms with Crippen LogP contribution in [-0.4, -0.2) is 31.3 Å². The molecule has 6 nitrogen and oxygen atoms in total. The van der Waals surface area contributed by atoms with Crippen molar-refractivity contribution in [2.75, 3.05) is 0 Å². The van der Waals surface area contributed by atoms with E-state index < -0.39 is 0 Å². The van der Waals surface area contributed by atoms with Gasteiger partial charge < -0.3 is 14.2 Å². The number of nitrogens with zero attached hydrogens (tertiary/aromatic N) is 3. The number of thioether (sulfide) groups is 3. The van der Waals surface area contributed by atoms with Crippen LogP contribution in [-0.2, 0) is 14.2 Å². The number of ether oxygens (including phenoxy) is 3. The van der Waals surface area contributed by atoms with Gasteiger partial charge in [0.15, 0.2) is 31.8 Å². The Morgan fingerprint density at radius 2 is 0.926 bits per heavy atom. The van der Waals surface area contributed by atoms with Crippen molar-refractivity contribution in [3.05, 3.63) is 38.5 Å². The molecular formula is C18H27N3O3S3. The van der Waals surface area contributed by atoms with Crippen LogP contribution in [0, 0.1) is 0 Å². The van der Waals surface area contributed by atoms with Gasteiger partial charge in [0, 0.05) is 0 Å². The third-order valence-electron chi connectivity index (χ3n) is 3.03. The Hall–Kier alpha value is -1.32. The van der Waals surface area contributed by atoms with Gasteiger partial charge in [0.2, 0.25) is 0 Å². The topological polar surface area (TPSA) is 66.4 Å². The molecule has 1 heterocycles. The summed E-state index contributed by atoms with van der Waals surface area (Å²) in [6, 6.07) is 0. The summed E-state index contributed by atoms with van der Waals surface area (Å²) in [5.41, 5.74) is -0.338. The second kappa shape index (κ2) is 13.8. The Bertz CT molecular complexity index is 511. The first-order valence-electron chi connectivity index (χ1n) is 8.65. The van der Waals surface area contributed by atoms with E-state index in [0.717, 1.165) is 19.3 Å². The highest BCUT2D eigenvalue weighted by Crippen LogP contribution is 2.31. The Labute approximate surface area is 174 Å². The molecule has 0 aliphatic heterocycles. The van der Waals surface area contributed by atoms with Crippen LogP contribution in [0.4, 0.5) is 0 Å². The van der Waals surface area contributed by atoms with Crippen LogP contribution in [0.25, 0.3) is 0 Å². The highest BCUT2D eigenvalue weighted by molar-refractivity contribution is 8.00. The van der Waals surface area contributed by atoms with Crippen LogP contribution in [0.5, 0.6) is 0 Å². The van der Waals surface area contributed by atoms with E-state index in [1.54, 1.807) is 0 Å². The molecule has 0 saturated heterocycles. The molecule has 1 aromatic rings. The Morgan fingerprint density at radius 3 is 1.11 bits per heavy atom. The van der Waals surface area contributed by atoms with E-state index in [-0.39, 0.29) is 16.3 Å². The third-order valence-corrected chi connectivity index (χ3v) is 6.33. The maximum Gasteiger partial charge on any atom is 0.196 e. The fourth-order valence-corrected chi connectivity index (χ4v) is 4.39. The van der Waals surface area contributed by atoms with Crippen LogP contribution in [0.3, 0.4) is 0 Å². The van der Waals surface area contributed by atoms with Crippen molar-refractivity contribution in [1.29, 1.82) is 0 Å². The summed E-state index contributed by atoms with van der Waals surface area (Å²) in [6.45, 7) is 16.9. The first-order chi connectivity index (χ1) is 13.1. The molecule has 0 aromatic carbocycles. The van der Waals surface area contributed by atoms with Crippen molar-refractivity contribution in [2.45, 2.75) is 71.8 Å². The number of hydrogen-bond acceptors (Lipinski definition) is 9. The number of aromatic nitrogens is 3. The fraction of sp³-hybridized carbons (Fsp3) is 0.500. The third kappa shape index (κ3) is 8.94. The molecule has 0 amide bonds. The quantitative estimate of drug-likeness (QED) is 0.194. The zero-order valence-electron chi connectivity index (χ0n) is 16.0. The van der Waals surface area contributed by atoms with E-state index in [4.69, 9.17) is 14.2 Å². The maximum atomic E-state index is 5.49. The normalized spacial score (nSPS) is 13.9. The summed E-state index contributed by atoms with van der Waals surface area (Å²) < 4.78 is 16.5. The van der Waals surface area contributed by atoms with Gasteiger partial charge in [-0.15, -0.1) is 0 Å². The molecule has 150 valence electrons. The minimum absolute atomic E-state index is 0.113. The zero-order chi connectivity index (χ0) is 20.1. The molecule has 0 aliphatic carbocycles. The van der Waals surface area contributed by atoms with Crippen LogP contribution in [0.15, 0.2) is 54.0 Å². The molecule has 9 heteroatoms. The molecule has 0 N–H and O–H groups in total. The lowest BCUT2D eigenvalue weighted by molar-refractivity contribution is 0.218. The standard InChI is InChI=1S/C18H27N3O3S3/c1-7-13(22-10-4)25-16-19-17(26-14(8-2)23-11-5)21-18(20-16)27-15(9-3)24-12-6/h10-15H,4-9H2,1-3H3. The second-order valence-electron chi connectivity index (χ2n) is 4.96. The van der Waals surface area contributed by atoms with Gasteiger partial charge in [-0.05, 0) is 54.5 Å². The van der Waals surface area contributed by atoms with Gasteiger partial charge in [-0.1, -0.05) is 40.5 Å². The van der Waals surface area contributed by atoms with Gasteiger partial charge in [0.1, 0.15) is 0 Å². The van der Waals surface area contributed by atoms with Gasteiger partial charge in [-0.2, -0.15) is 15.0 Å². The first kappa shape index (κ1) is 23.7. The Morgan fingerprint density at radius 1 is 0.667 bits per heavy atom. The highest BCUT2D eigenvalue weighted by Gasteiger charge is 2.19. The smallest absolute Gasteiger partial charge is 0.196 e. The number of rotatable bonds is 15. The van der Waals surface area contributed by atoms with Gasteiger partial charge in [0.25, 0.3) is 0 Å². The van der Waals surface area contributed by atoms with Crippen molar-refractivity contribution in [3.63, 3.8) is 0 Å². The van der Waals surface area contributed by atoms with Crippen LogP contribution < -0.4 is 0 Å². The lowest BCUT2D eigenvalue weighted by atomic mass is 10.5. The SMILES string of the molecule is C=COC(CC)Sc1nc(SC(CC)OC=C)nc(SC(CC)OC=C)n1. The molecule has 1 aromatic heterocycles. The van der Waals surface area contributed by atoms with Gasteiger partial charge in [0.05, 0.1) is 18.8 Å². The summed E-state index contributed by atoms with van der Waals surface area (Å²) in [5.74, 6) is 0. The summed E-state index contributed by atoms with van der Waals surface area (Å²) in [5, 5.41) is 1.77. The van der Waals surface area contributed by atoms with Gasteiger partial charge >= 0.3 is 0 Å². The van der Waals surface area contributed by atoms with Gasteiger partial charge in [-0.3, -0.25) is 0 Å². The molecule has 0 fully saturated rings. The highest BCUT2D eigenvalue weighted by atomic mass is 32.2. The Kier molecular flexibility index (Phi) is 12.1. The van der Waals surface area contributed by atoms with Crippen LogP contribution in [0.1, 0.15) is 40.0 Å². The average molecular weight is 430 g/mol. The van der Waals surface area contributed by atoms with Gasteiger partial charge in [-0.25, -0.2) is 0 Å². The molecule has 27 heavy (non-hydrogen) atoms. The first-order valence-corrected chi connectivity index (χ1v) is 11.3. The van der Waals surface area contributed by atoms with Crippen LogP contribution >= 0.6 is 35.3 Å². The Balaban J connectivity index is 3.09. The van der Waals surface area contributed by atoms with Crippen molar-refractivity contribution >= 4 is 35.3 Å². The van der Waals surface area contributed by atoms with E-state index >= 15 is 0 Å². The molecule has 1 rings (SSSR count). The summed E-state index contributed by atoms with van der Waals surface area (Å²) in [4.78, 5) is 13.7. The molecule has 3 unspecified atom stereocenters. The molecule has 0 spiro atoms.